The van der Waals surface area contributed by atoms with Crippen molar-refractivity contribution in [3.63, 3.8) is 0 Å². The SMILES string of the molecule is Nc1onc(-c2ccn[nH]2)c1-c1ccc(Cl)cc1Cl. The number of aromatic nitrogens is 3. The van der Waals surface area contributed by atoms with Gasteiger partial charge in [-0.3, -0.25) is 5.10 Å². The highest BCUT2D eigenvalue weighted by atomic mass is 35.5. The number of benzene rings is 1. The van der Waals surface area contributed by atoms with Crippen molar-refractivity contribution in [3.8, 4) is 22.5 Å². The van der Waals surface area contributed by atoms with Gasteiger partial charge >= 0.3 is 0 Å². The molecule has 0 radical (unpaired) electrons. The Labute approximate surface area is 118 Å². The predicted molar refractivity (Wildman–Crippen MR) is 74.0 cm³/mol. The van der Waals surface area contributed by atoms with Gasteiger partial charge in [0.25, 0.3) is 0 Å². The van der Waals surface area contributed by atoms with Crippen LogP contribution in [0.3, 0.4) is 0 Å². The molecule has 96 valence electrons. The molecular formula is C12H8Cl2N4O. The van der Waals surface area contributed by atoms with E-state index in [2.05, 4.69) is 15.4 Å². The normalized spacial score (nSPS) is 10.8. The Morgan fingerprint density at radius 2 is 2.05 bits per heavy atom. The summed E-state index contributed by atoms with van der Waals surface area (Å²) < 4.78 is 5.05. The molecular weight excluding hydrogens is 287 g/mol. The van der Waals surface area contributed by atoms with Crippen molar-refractivity contribution in [2.24, 2.45) is 0 Å². The summed E-state index contributed by atoms with van der Waals surface area (Å²) in [4.78, 5) is 0. The largest absolute Gasteiger partial charge is 0.367 e. The molecule has 1 aromatic carbocycles. The Balaban J connectivity index is 2.22. The number of rotatable bonds is 2. The van der Waals surface area contributed by atoms with Gasteiger partial charge in [-0.1, -0.05) is 34.4 Å². The van der Waals surface area contributed by atoms with Crippen molar-refractivity contribution in [2.75, 3.05) is 5.73 Å². The number of nitrogens with zero attached hydrogens (tertiary/aromatic N) is 2. The van der Waals surface area contributed by atoms with Gasteiger partial charge in [-0.15, -0.1) is 0 Å². The van der Waals surface area contributed by atoms with Gasteiger partial charge in [-0.25, -0.2) is 0 Å². The van der Waals surface area contributed by atoms with Gasteiger partial charge in [0, 0.05) is 16.8 Å². The molecule has 0 saturated carbocycles. The zero-order valence-electron chi connectivity index (χ0n) is 9.52. The molecule has 3 aromatic rings. The molecule has 0 aliphatic carbocycles. The highest BCUT2D eigenvalue weighted by Crippen LogP contribution is 2.39. The van der Waals surface area contributed by atoms with Crippen LogP contribution in [0.5, 0.6) is 0 Å². The Bertz CT molecular complexity index is 721. The molecule has 7 heteroatoms. The molecule has 0 amide bonds. The Morgan fingerprint density at radius 3 is 2.74 bits per heavy atom. The number of nitrogens with one attached hydrogen (secondary N) is 1. The first-order valence-corrected chi connectivity index (χ1v) is 6.12. The van der Waals surface area contributed by atoms with Gasteiger partial charge in [0.05, 0.1) is 16.3 Å². The van der Waals surface area contributed by atoms with E-state index >= 15 is 0 Å². The van der Waals surface area contributed by atoms with Gasteiger partial charge in [-0.05, 0) is 18.2 Å². The van der Waals surface area contributed by atoms with Crippen molar-refractivity contribution >= 4 is 29.1 Å². The summed E-state index contributed by atoms with van der Waals surface area (Å²) in [6.45, 7) is 0. The second kappa shape index (κ2) is 4.60. The third kappa shape index (κ3) is 2.07. The van der Waals surface area contributed by atoms with Crippen LogP contribution in [-0.2, 0) is 0 Å². The lowest BCUT2D eigenvalue weighted by Gasteiger charge is -2.04. The van der Waals surface area contributed by atoms with Gasteiger partial charge in [0.1, 0.15) is 5.69 Å². The summed E-state index contributed by atoms with van der Waals surface area (Å²) in [5.74, 6) is 0.189. The molecule has 0 bridgehead atoms. The maximum atomic E-state index is 6.19. The first kappa shape index (κ1) is 12.1. The highest BCUT2D eigenvalue weighted by Gasteiger charge is 2.20. The molecule has 0 unspecified atom stereocenters. The second-order valence-electron chi connectivity index (χ2n) is 3.86. The van der Waals surface area contributed by atoms with Gasteiger partial charge < -0.3 is 10.3 Å². The van der Waals surface area contributed by atoms with Gasteiger partial charge in [0.2, 0.25) is 5.88 Å². The lowest BCUT2D eigenvalue weighted by Crippen LogP contribution is -1.89. The topological polar surface area (TPSA) is 80.7 Å². The average molecular weight is 295 g/mol. The molecule has 0 aliphatic rings. The van der Waals surface area contributed by atoms with Crippen LogP contribution in [0.15, 0.2) is 35.0 Å². The highest BCUT2D eigenvalue weighted by molar-refractivity contribution is 6.36. The van der Waals surface area contributed by atoms with Crippen molar-refractivity contribution in [1.29, 1.82) is 0 Å². The summed E-state index contributed by atoms with van der Waals surface area (Å²) in [6, 6.07) is 6.91. The molecule has 19 heavy (non-hydrogen) atoms. The molecule has 2 aromatic heterocycles. The van der Waals surface area contributed by atoms with E-state index in [0.717, 1.165) is 0 Å². The smallest absolute Gasteiger partial charge is 0.230 e. The molecule has 5 nitrogen and oxygen atoms in total. The number of nitrogen functional groups attached to an aromatic ring is 1. The molecule has 0 saturated heterocycles. The fraction of sp³-hybridized carbons (Fsp3) is 0. The zero-order valence-corrected chi connectivity index (χ0v) is 11.0. The van der Waals surface area contributed by atoms with Crippen molar-refractivity contribution in [3.05, 3.63) is 40.5 Å². The lowest BCUT2D eigenvalue weighted by molar-refractivity contribution is 0.439. The van der Waals surface area contributed by atoms with Crippen molar-refractivity contribution in [1.82, 2.24) is 15.4 Å². The van der Waals surface area contributed by atoms with E-state index in [-0.39, 0.29) is 5.88 Å². The Kier molecular flexibility index (Phi) is 2.93. The summed E-state index contributed by atoms with van der Waals surface area (Å²) >= 11 is 12.1. The average Bonchev–Trinajstić information content (AvgIpc) is 2.99. The molecule has 3 rings (SSSR count). The predicted octanol–water partition coefficient (Wildman–Crippen LogP) is 3.62. The number of H-pyrrole nitrogens is 1. The molecule has 0 aliphatic heterocycles. The van der Waals surface area contributed by atoms with Crippen LogP contribution < -0.4 is 5.73 Å². The molecule has 0 spiro atoms. The van der Waals surface area contributed by atoms with E-state index < -0.39 is 0 Å². The number of halogens is 2. The Hall–Kier alpha value is -1.98. The molecule has 0 atom stereocenters. The molecule has 3 N–H and O–H groups in total. The number of nitrogens with two attached hydrogens (primary N) is 1. The van der Waals surface area contributed by atoms with Gasteiger partial charge in [0.15, 0.2) is 0 Å². The van der Waals surface area contributed by atoms with E-state index in [0.29, 0.717) is 32.6 Å². The quantitative estimate of drug-likeness (QED) is 0.756. The summed E-state index contributed by atoms with van der Waals surface area (Å²) in [6.07, 6.45) is 1.62. The van der Waals surface area contributed by atoms with Crippen molar-refractivity contribution < 1.29 is 4.52 Å². The standard InChI is InChI=1S/C12H8Cl2N4O/c13-6-1-2-7(8(14)5-6)10-11(18-19-12(10)15)9-3-4-16-17-9/h1-5H,15H2,(H,16,17). The zero-order chi connectivity index (χ0) is 13.4. The number of aromatic amines is 1. The minimum absolute atomic E-state index is 0.189. The minimum atomic E-state index is 0.189. The molecule has 2 heterocycles. The number of anilines is 1. The van der Waals surface area contributed by atoms with Crippen LogP contribution in [0.4, 0.5) is 5.88 Å². The monoisotopic (exact) mass is 294 g/mol. The summed E-state index contributed by atoms with van der Waals surface area (Å²) in [7, 11) is 0. The Morgan fingerprint density at radius 1 is 1.21 bits per heavy atom. The minimum Gasteiger partial charge on any atom is -0.367 e. The first-order chi connectivity index (χ1) is 9.16. The maximum absolute atomic E-state index is 6.19. The first-order valence-electron chi connectivity index (χ1n) is 5.37. The summed E-state index contributed by atoms with van der Waals surface area (Å²) in [5, 5.41) is 11.6. The van der Waals surface area contributed by atoms with E-state index in [9.17, 15) is 0 Å². The van der Waals surface area contributed by atoms with E-state index in [1.54, 1.807) is 30.5 Å². The van der Waals surface area contributed by atoms with Gasteiger partial charge in [-0.2, -0.15) is 5.10 Å². The van der Waals surface area contributed by atoms with E-state index in [1.807, 2.05) is 0 Å². The van der Waals surface area contributed by atoms with Crippen LogP contribution >= 0.6 is 23.2 Å². The number of hydrogen-bond donors (Lipinski definition) is 2. The third-order valence-corrected chi connectivity index (χ3v) is 3.22. The van der Waals surface area contributed by atoms with Crippen molar-refractivity contribution in [2.45, 2.75) is 0 Å². The molecule has 0 fully saturated rings. The van der Waals surface area contributed by atoms with E-state index in [1.165, 1.54) is 0 Å². The number of hydrogen-bond acceptors (Lipinski definition) is 4. The van der Waals surface area contributed by atoms with Crippen LogP contribution in [0.25, 0.3) is 22.5 Å². The van der Waals surface area contributed by atoms with Crippen LogP contribution in [-0.4, -0.2) is 15.4 Å². The van der Waals surface area contributed by atoms with Crippen LogP contribution in [0.2, 0.25) is 10.0 Å². The van der Waals surface area contributed by atoms with Crippen LogP contribution in [0.1, 0.15) is 0 Å². The lowest BCUT2D eigenvalue weighted by atomic mass is 10.0. The second-order valence-corrected chi connectivity index (χ2v) is 4.71. The summed E-state index contributed by atoms with van der Waals surface area (Å²) in [5.41, 5.74) is 8.40. The fourth-order valence-corrected chi connectivity index (χ4v) is 2.33. The van der Waals surface area contributed by atoms with E-state index in [4.69, 9.17) is 33.5 Å². The third-order valence-electron chi connectivity index (χ3n) is 2.67. The fourth-order valence-electron chi connectivity index (χ4n) is 1.83. The maximum Gasteiger partial charge on any atom is 0.230 e. The van der Waals surface area contributed by atoms with Crippen LogP contribution in [0, 0.1) is 0 Å².